The molecule has 0 fully saturated rings. The van der Waals surface area contributed by atoms with Gasteiger partial charge < -0.3 is 61.8 Å². The number of rotatable bonds is 15. The average Bonchev–Trinajstić information content (AvgIpc) is 3.66. The summed E-state index contributed by atoms with van der Waals surface area (Å²) in [5.74, 6) is 0.962. The number of hydrogen-bond donors (Lipinski definition) is 10. The van der Waals surface area contributed by atoms with Crippen molar-refractivity contribution in [3.8, 4) is 57.5 Å². The van der Waals surface area contributed by atoms with Crippen molar-refractivity contribution >= 4 is 51.7 Å². The fourth-order valence-corrected chi connectivity index (χ4v) is 7.20. The molecular weight excluding hydrogens is 1100 g/mol. The number of aliphatic imine (C=N–C) groups is 1. The molecule has 0 radical (unpaired) electrons. The Kier molecular flexibility index (Phi) is 29.4. The predicted octanol–water partition coefficient (Wildman–Crippen LogP) is 11.5. The van der Waals surface area contributed by atoms with Crippen molar-refractivity contribution < 1.29 is 74.3 Å². The first kappa shape index (κ1) is 68.1. The molecule has 0 bridgehead atoms. The summed E-state index contributed by atoms with van der Waals surface area (Å²) < 4.78 is 9.68. The first-order valence-electron chi connectivity index (χ1n) is 25.9. The summed E-state index contributed by atoms with van der Waals surface area (Å²) in [5.41, 5.74) is 14.6. The lowest BCUT2D eigenvalue weighted by molar-refractivity contribution is -0.133. The number of carbonyl (C=O) groups excluding carboxylic acids is 5. The standard InChI is InChI=1S/C19H21NO4.C14H12O3.C10H12O3.C9H11NO2.C7H5ClO2.C6H7NO/c1-3-17(16-7-8-18(23)12(2)19(16)24)20-11-15(22)10-13-5-4-6-14(21)9-13;15-12-6-4-5-11(9-12)10-14(16)17-13-7-2-1-3-8-13;1-3-8(11)7-4-5-9(12)6(2)10(7)13;10-6-9(12)5-7-2-1-3-8(11)4-7;8-7(9)10-6-4-2-1-3-5-6;7-5-2-1-3-6(8)4-5/h4-9,21,23-24H,3,10-11H2,1-2H3;1-9,15H,10H2;4-5,12-13H,3H2,1-2H3;1-4,11H,5-6,10H2;1-5H;1-4,8H,7H2. The van der Waals surface area contributed by atoms with Gasteiger partial charge in [0.1, 0.15) is 57.5 Å². The number of para-hydroxylation sites is 2. The number of esters is 1. The molecule has 0 saturated heterocycles. The number of phenolic OH excluding ortho intramolecular Hbond substituents is 8. The van der Waals surface area contributed by atoms with Gasteiger partial charge in [0.15, 0.2) is 17.3 Å². The molecule has 440 valence electrons. The molecule has 18 nitrogen and oxygen atoms in total. The fraction of sp³-hybridized carbons (Fsp3) is 0.169. The first-order chi connectivity index (χ1) is 40.0. The fourth-order valence-electron chi connectivity index (χ4n) is 7.11. The molecule has 0 heterocycles. The lowest BCUT2D eigenvalue weighted by Gasteiger charge is -2.10. The summed E-state index contributed by atoms with van der Waals surface area (Å²) in [7, 11) is 0. The van der Waals surface area contributed by atoms with Gasteiger partial charge in [0, 0.05) is 65.0 Å². The Morgan fingerprint density at radius 1 is 0.476 bits per heavy atom. The predicted molar refractivity (Wildman–Crippen MR) is 323 cm³/mol. The molecule has 0 aromatic heterocycles. The van der Waals surface area contributed by atoms with Crippen molar-refractivity contribution in [1.82, 2.24) is 0 Å². The highest BCUT2D eigenvalue weighted by Crippen LogP contribution is 2.31. The van der Waals surface area contributed by atoms with Crippen LogP contribution in [-0.4, -0.2) is 88.4 Å². The van der Waals surface area contributed by atoms with Crippen LogP contribution in [0.15, 0.2) is 187 Å². The quantitative estimate of drug-likeness (QED) is 0.0114. The minimum Gasteiger partial charge on any atom is -0.508 e. The summed E-state index contributed by atoms with van der Waals surface area (Å²) in [6, 6.07) is 49.8. The third-order valence-electron chi connectivity index (χ3n) is 11.4. The van der Waals surface area contributed by atoms with E-state index in [1.807, 2.05) is 19.1 Å². The molecule has 0 atom stereocenters. The molecule has 84 heavy (non-hydrogen) atoms. The van der Waals surface area contributed by atoms with Crippen molar-refractivity contribution in [3.05, 3.63) is 221 Å². The summed E-state index contributed by atoms with van der Waals surface area (Å²) in [5, 5.41) is 74.9. The van der Waals surface area contributed by atoms with Crippen molar-refractivity contribution in [3.63, 3.8) is 0 Å². The van der Waals surface area contributed by atoms with Crippen LogP contribution in [-0.2, 0) is 33.6 Å². The van der Waals surface area contributed by atoms with Crippen molar-refractivity contribution in [2.75, 3.05) is 18.8 Å². The number of halogens is 1. The van der Waals surface area contributed by atoms with Crippen LogP contribution in [0.25, 0.3) is 0 Å². The molecule has 8 aromatic carbocycles. The van der Waals surface area contributed by atoms with Gasteiger partial charge in [-0.3, -0.25) is 24.2 Å². The summed E-state index contributed by atoms with van der Waals surface area (Å²) in [6.45, 7) is 6.85. The molecule has 0 unspecified atom stereocenters. The molecule has 0 amide bonds. The van der Waals surface area contributed by atoms with Gasteiger partial charge in [-0.1, -0.05) is 92.7 Å². The van der Waals surface area contributed by atoms with Crippen molar-refractivity contribution in [1.29, 1.82) is 0 Å². The van der Waals surface area contributed by atoms with E-state index in [-0.39, 0.29) is 101 Å². The molecule has 12 N–H and O–H groups in total. The molecule has 0 aliphatic heterocycles. The maximum atomic E-state index is 12.1. The number of hydrogen-bond acceptors (Lipinski definition) is 18. The molecule has 0 spiro atoms. The zero-order valence-corrected chi connectivity index (χ0v) is 47.4. The van der Waals surface area contributed by atoms with Crippen LogP contribution < -0.4 is 20.9 Å². The van der Waals surface area contributed by atoms with E-state index >= 15 is 0 Å². The Balaban J connectivity index is 0.000000274. The number of carbonyl (C=O) groups is 5. The lowest BCUT2D eigenvalue weighted by atomic mass is 10.0. The number of nitrogens with two attached hydrogens (primary N) is 2. The van der Waals surface area contributed by atoms with Gasteiger partial charge in [0.05, 0.1) is 25.1 Å². The van der Waals surface area contributed by atoms with E-state index in [9.17, 15) is 54.6 Å². The van der Waals surface area contributed by atoms with Crippen LogP contribution in [0.2, 0.25) is 0 Å². The molecule has 8 rings (SSSR count). The van der Waals surface area contributed by atoms with Crippen LogP contribution in [0.3, 0.4) is 0 Å². The maximum Gasteiger partial charge on any atom is 0.409 e. The third kappa shape index (κ3) is 25.5. The average molecular weight is 1170 g/mol. The number of phenols is 8. The van der Waals surface area contributed by atoms with E-state index in [4.69, 9.17) is 38.0 Å². The second-order valence-corrected chi connectivity index (χ2v) is 18.3. The summed E-state index contributed by atoms with van der Waals surface area (Å²) in [6.07, 6.45) is 1.53. The minimum absolute atomic E-state index is 0.00179. The number of Topliss-reactive ketones (excluding diaryl/α,β-unsaturated/α-hetero) is 3. The third-order valence-corrected chi connectivity index (χ3v) is 11.5. The van der Waals surface area contributed by atoms with Gasteiger partial charge in [0.2, 0.25) is 0 Å². The van der Waals surface area contributed by atoms with Crippen LogP contribution in [0.4, 0.5) is 10.5 Å². The second-order valence-electron chi connectivity index (χ2n) is 18.0. The Morgan fingerprint density at radius 3 is 1.30 bits per heavy atom. The Labute approximate surface area is 491 Å². The van der Waals surface area contributed by atoms with E-state index in [0.717, 1.165) is 16.7 Å². The topological polar surface area (TPSA) is 330 Å². The molecule has 0 aliphatic carbocycles. The number of nitrogens with zero attached hydrogens (tertiary/aromatic N) is 1. The highest BCUT2D eigenvalue weighted by Gasteiger charge is 2.15. The molecule has 0 aliphatic rings. The van der Waals surface area contributed by atoms with Gasteiger partial charge in [-0.2, -0.15) is 0 Å². The summed E-state index contributed by atoms with van der Waals surface area (Å²) >= 11 is 4.95. The van der Waals surface area contributed by atoms with E-state index in [0.29, 0.717) is 58.9 Å². The van der Waals surface area contributed by atoms with Crippen molar-refractivity contribution in [2.45, 2.75) is 59.8 Å². The van der Waals surface area contributed by atoms with Crippen molar-refractivity contribution in [2.24, 2.45) is 10.7 Å². The normalized spacial score (nSPS) is 10.1. The number of ketones is 3. The maximum absolute atomic E-state index is 12.1. The molecule has 0 saturated carbocycles. The van der Waals surface area contributed by atoms with Crippen LogP contribution in [0.5, 0.6) is 57.5 Å². The number of aromatic hydroxyl groups is 8. The van der Waals surface area contributed by atoms with E-state index < -0.39 is 5.43 Å². The second kappa shape index (κ2) is 36.2. The smallest absolute Gasteiger partial charge is 0.409 e. The number of nitrogen functional groups attached to an aromatic ring is 1. The zero-order chi connectivity index (χ0) is 62.1. The van der Waals surface area contributed by atoms with Crippen LogP contribution in [0, 0.1) is 13.8 Å². The highest BCUT2D eigenvalue weighted by atomic mass is 35.5. The zero-order valence-electron chi connectivity index (χ0n) is 46.7. The number of benzene rings is 8. The minimum atomic E-state index is -0.814. The Morgan fingerprint density at radius 2 is 0.893 bits per heavy atom. The number of anilines is 1. The molecular formula is C65H68ClN3O15. The Bertz CT molecular complexity index is 3430. The first-order valence-corrected chi connectivity index (χ1v) is 26.3. The largest absolute Gasteiger partial charge is 0.508 e. The van der Waals surface area contributed by atoms with Gasteiger partial charge >= 0.3 is 11.4 Å². The van der Waals surface area contributed by atoms with Crippen LogP contribution in [0.1, 0.15) is 70.4 Å². The van der Waals surface area contributed by atoms with Crippen LogP contribution >= 0.6 is 11.6 Å². The van der Waals surface area contributed by atoms with Gasteiger partial charge in [-0.05, 0) is 134 Å². The van der Waals surface area contributed by atoms with Gasteiger partial charge in [0.25, 0.3) is 0 Å². The lowest BCUT2D eigenvalue weighted by Crippen LogP contribution is -2.15. The molecule has 19 heteroatoms. The van der Waals surface area contributed by atoms with Gasteiger partial charge in [-0.25, -0.2) is 4.79 Å². The number of ether oxygens (including phenoxy) is 2. The Hall–Kier alpha value is -10.2. The SMILES string of the molecule is CCC(=NCC(=O)Cc1cccc(O)c1)c1ccc(O)c(C)c1O.CCC(=O)c1ccc(O)c(C)c1O.NCC(=O)Cc1cccc(O)c1.Nc1cccc(O)c1.O=C(Cc1cccc(O)c1)Oc1ccccc1.O=C(Cl)Oc1ccccc1. The van der Waals surface area contributed by atoms with E-state index in [1.165, 1.54) is 24.3 Å². The summed E-state index contributed by atoms with van der Waals surface area (Å²) in [4.78, 5) is 60.3. The molecule has 8 aromatic rings. The van der Waals surface area contributed by atoms with Gasteiger partial charge in [-0.15, -0.1) is 0 Å². The van der Waals surface area contributed by atoms with E-state index in [2.05, 4.69) is 9.73 Å². The van der Waals surface area contributed by atoms with E-state index in [1.54, 1.807) is 166 Å². The monoisotopic (exact) mass is 1170 g/mol. The highest BCUT2D eigenvalue weighted by molar-refractivity contribution is 6.61.